The van der Waals surface area contributed by atoms with Crippen LogP contribution >= 0.6 is 0 Å². The minimum atomic E-state index is -2.96. The molecule has 2 aromatic rings. The zero-order valence-corrected chi connectivity index (χ0v) is 15.8. The lowest BCUT2D eigenvalue weighted by Gasteiger charge is -2.15. The standard InChI is InChI=1S/C21H24F2N2O3/c1-27-19-12-17(8-9-18(19)28-21(22)23)20(26)24-13-15-4-6-16(7-5-15)14-25-10-2-3-11-25/h4-9,12,21H,2-3,10-11,13-14H2,1H3,(H,24,26). The van der Waals surface area contributed by atoms with E-state index < -0.39 is 6.61 Å². The van der Waals surface area contributed by atoms with Gasteiger partial charge in [0.2, 0.25) is 0 Å². The molecule has 0 bridgehead atoms. The Morgan fingerprint density at radius 2 is 1.75 bits per heavy atom. The van der Waals surface area contributed by atoms with E-state index in [0.717, 1.165) is 25.2 Å². The van der Waals surface area contributed by atoms with Crippen LogP contribution in [-0.4, -0.2) is 37.6 Å². The summed E-state index contributed by atoms with van der Waals surface area (Å²) in [5, 5.41) is 2.83. The minimum Gasteiger partial charge on any atom is -0.493 e. The molecule has 0 spiro atoms. The van der Waals surface area contributed by atoms with Gasteiger partial charge in [-0.3, -0.25) is 9.69 Å². The van der Waals surface area contributed by atoms with Crippen LogP contribution in [0.4, 0.5) is 8.78 Å². The number of ether oxygens (including phenoxy) is 2. The van der Waals surface area contributed by atoms with Crippen LogP contribution in [0.25, 0.3) is 0 Å². The molecule has 1 fully saturated rings. The molecule has 0 unspecified atom stereocenters. The first kappa shape index (κ1) is 20.1. The normalized spacial score (nSPS) is 14.3. The Kier molecular flexibility index (Phi) is 6.81. The van der Waals surface area contributed by atoms with Gasteiger partial charge in [-0.15, -0.1) is 0 Å². The van der Waals surface area contributed by atoms with Crippen LogP contribution in [0.2, 0.25) is 0 Å². The number of carbonyl (C=O) groups is 1. The van der Waals surface area contributed by atoms with Crippen LogP contribution in [0.3, 0.4) is 0 Å². The van der Waals surface area contributed by atoms with E-state index in [-0.39, 0.29) is 17.4 Å². The number of methoxy groups -OCH3 is 1. The molecular weight excluding hydrogens is 366 g/mol. The van der Waals surface area contributed by atoms with Crippen molar-refractivity contribution in [3.63, 3.8) is 0 Å². The molecule has 2 aromatic carbocycles. The van der Waals surface area contributed by atoms with Gasteiger partial charge >= 0.3 is 6.61 Å². The van der Waals surface area contributed by atoms with E-state index in [1.807, 2.05) is 12.1 Å². The summed E-state index contributed by atoms with van der Waals surface area (Å²) in [5.74, 6) is -0.343. The molecule has 1 heterocycles. The van der Waals surface area contributed by atoms with Gasteiger partial charge in [0.1, 0.15) is 0 Å². The Hall–Kier alpha value is -2.67. The molecule has 7 heteroatoms. The number of halogens is 2. The Labute approximate surface area is 163 Å². The topological polar surface area (TPSA) is 50.8 Å². The number of alkyl halides is 2. The number of carbonyl (C=O) groups excluding carboxylic acids is 1. The van der Waals surface area contributed by atoms with Crippen molar-refractivity contribution in [2.45, 2.75) is 32.5 Å². The first-order valence-corrected chi connectivity index (χ1v) is 9.26. The zero-order valence-electron chi connectivity index (χ0n) is 15.8. The maximum absolute atomic E-state index is 12.4. The monoisotopic (exact) mass is 390 g/mol. The smallest absolute Gasteiger partial charge is 0.387 e. The summed E-state index contributed by atoms with van der Waals surface area (Å²) in [5.41, 5.74) is 2.56. The Balaban J connectivity index is 1.56. The highest BCUT2D eigenvalue weighted by atomic mass is 19.3. The predicted molar refractivity (Wildman–Crippen MR) is 102 cm³/mol. The number of rotatable bonds is 8. The van der Waals surface area contributed by atoms with E-state index >= 15 is 0 Å². The van der Waals surface area contributed by atoms with Crippen LogP contribution < -0.4 is 14.8 Å². The molecule has 1 aliphatic heterocycles. The summed E-state index contributed by atoms with van der Waals surface area (Å²) in [6, 6.07) is 12.3. The van der Waals surface area contributed by atoms with Gasteiger partial charge in [0.15, 0.2) is 11.5 Å². The van der Waals surface area contributed by atoms with E-state index in [1.165, 1.54) is 43.7 Å². The maximum atomic E-state index is 12.4. The van der Waals surface area contributed by atoms with Crippen LogP contribution in [0.5, 0.6) is 11.5 Å². The summed E-state index contributed by atoms with van der Waals surface area (Å²) >= 11 is 0. The quantitative estimate of drug-likeness (QED) is 0.745. The van der Waals surface area contributed by atoms with E-state index in [1.54, 1.807) is 0 Å². The number of nitrogens with one attached hydrogen (secondary N) is 1. The van der Waals surface area contributed by atoms with Gasteiger partial charge in [-0.25, -0.2) is 0 Å². The van der Waals surface area contributed by atoms with Crippen LogP contribution in [-0.2, 0) is 13.1 Å². The van der Waals surface area contributed by atoms with E-state index in [9.17, 15) is 13.6 Å². The first-order chi connectivity index (χ1) is 13.5. The summed E-state index contributed by atoms with van der Waals surface area (Å²) < 4.78 is 34.2. The van der Waals surface area contributed by atoms with Crippen molar-refractivity contribution in [3.05, 3.63) is 59.2 Å². The largest absolute Gasteiger partial charge is 0.493 e. The van der Waals surface area contributed by atoms with Crippen molar-refractivity contribution >= 4 is 5.91 Å². The predicted octanol–water partition coefficient (Wildman–Crippen LogP) is 3.82. The van der Waals surface area contributed by atoms with E-state index in [0.29, 0.717) is 12.1 Å². The number of hydrogen-bond donors (Lipinski definition) is 1. The van der Waals surface area contributed by atoms with Crippen molar-refractivity contribution < 1.29 is 23.0 Å². The molecule has 5 nitrogen and oxygen atoms in total. The number of amides is 1. The fraction of sp³-hybridized carbons (Fsp3) is 0.381. The van der Waals surface area contributed by atoms with E-state index in [4.69, 9.17) is 4.74 Å². The van der Waals surface area contributed by atoms with Gasteiger partial charge in [0, 0.05) is 18.7 Å². The van der Waals surface area contributed by atoms with Gasteiger partial charge < -0.3 is 14.8 Å². The van der Waals surface area contributed by atoms with Crippen molar-refractivity contribution in [2.75, 3.05) is 20.2 Å². The fourth-order valence-electron chi connectivity index (χ4n) is 3.25. The lowest BCUT2D eigenvalue weighted by molar-refractivity contribution is -0.0512. The summed E-state index contributed by atoms with van der Waals surface area (Å²) in [7, 11) is 1.33. The molecule has 1 saturated heterocycles. The van der Waals surface area contributed by atoms with Crippen molar-refractivity contribution in [2.24, 2.45) is 0 Å². The second kappa shape index (κ2) is 9.50. The third-order valence-electron chi connectivity index (χ3n) is 4.72. The summed E-state index contributed by atoms with van der Waals surface area (Å²) in [6.45, 7) is 0.687. The lowest BCUT2D eigenvalue weighted by atomic mass is 10.1. The molecule has 150 valence electrons. The Morgan fingerprint density at radius 3 is 2.39 bits per heavy atom. The Bertz CT molecular complexity index is 791. The van der Waals surface area contributed by atoms with E-state index in [2.05, 4.69) is 27.1 Å². The van der Waals surface area contributed by atoms with Crippen LogP contribution in [0.1, 0.15) is 34.3 Å². The molecule has 0 aliphatic carbocycles. The molecule has 1 aliphatic rings. The van der Waals surface area contributed by atoms with Gasteiger partial charge in [0.05, 0.1) is 7.11 Å². The first-order valence-electron chi connectivity index (χ1n) is 9.26. The maximum Gasteiger partial charge on any atom is 0.387 e. The molecule has 28 heavy (non-hydrogen) atoms. The highest BCUT2D eigenvalue weighted by Gasteiger charge is 2.14. The lowest BCUT2D eigenvalue weighted by Crippen LogP contribution is -2.23. The average Bonchev–Trinajstić information content (AvgIpc) is 3.20. The number of nitrogens with zero attached hydrogens (tertiary/aromatic N) is 1. The van der Waals surface area contributed by atoms with Crippen molar-refractivity contribution in [3.8, 4) is 11.5 Å². The third-order valence-corrected chi connectivity index (χ3v) is 4.72. The highest BCUT2D eigenvalue weighted by molar-refractivity contribution is 5.94. The van der Waals surface area contributed by atoms with Crippen LogP contribution in [0, 0.1) is 0 Å². The van der Waals surface area contributed by atoms with Crippen molar-refractivity contribution in [1.82, 2.24) is 10.2 Å². The molecule has 0 atom stereocenters. The van der Waals surface area contributed by atoms with Gasteiger partial charge in [-0.1, -0.05) is 24.3 Å². The summed E-state index contributed by atoms with van der Waals surface area (Å²) in [6.07, 6.45) is 2.54. The molecule has 1 N–H and O–H groups in total. The zero-order chi connectivity index (χ0) is 19.9. The van der Waals surface area contributed by atoms with Crippen LogP contribution in [0.15, 0.2) is 42.5 Å². The molecule has 3 rings (SSSR count). The minimum absolute atomic E-state index is 0.0826. The van der Waals surface area contributed by atoms with Crippen molar-refractivity contribution in [1.29, 1.82) is 0 Å². The third kappa shape index (κ3) is 5.42. The molecule has 0 saturated carbocycles. The van der Waals surface area contributed by atoms with Gasteiger partial charge in [-0.05, 0) is 55.3 Å². The molecular formula is C21H24F2N2O3. The SMILES string of the molecule is COc1cc(C(=O)NCc2ccc(CN3CCCC3)cc2)ccc1OC(F)F. The Morgan fingerprint density at radius 1 is 1.07 bits per heavy atom. The highest BCUT2D eigenvalue weighted by Crippen LogP contribution is 2.29. The second-order valence-corrected chi connectivity index (χ2v) is 6.73. The molecule has 0 aromatic heterocycles. The van der Waals surface area contributed by atoms with Gasteiger partial charge in [-0.2, -0.15) is 8.78 Å². The fourth-order valence-corrected chi connectivity index (χ4v) is 3.25. The number of hydrogen-bond acceptors (Lipinski definition) is 4. The molecule has 1 amide bonds. The average molecular weight is 390 g/mol. The second-order valence-electron chi connectivity index (χ2n) is 6.73. The number of benzene rings is 2. The molecule has 0 radical (unpaired) electrons. The number of likely N-dealkylation sites (tertiary alicyclic amines) is 1. The summed E-state index contributed by atoms with van der Waals surface area (Å²) in [4.78, 5) is 14.8. The van der Waals surface area contributed by atoms with Gasteiger partial charge in [0.25, 0.3) is 5.91 Å².